The van der Waals surface area contributed by atoms with Crippen LogP contribution in [0.3, 0.4) is 0 Å². The van der Waals surface area contributed by atoms with Gasteiger partial charge in [-0.1, -0.05) is 5.04 Å². The maximum atomic E-state index is 11.0. The lowest BCUT2D eigenvalue weighted by atomic mass is 10.6. The minimum atomic E-state index is -4.27. The van der Waals surface area contributed by atoms with Gasteiger partial charge in [0.05, 0.1) is 23.0 Å². The van der Waals surface area contributed by atoms with E-state index in [4.69, 9.17) is 18.9 Å². The molecule has 0 spiro atoms. The Morgan fingerprint density at radius 1 is 0.614 bits per heavy atom. The van der Waals surface area contributed by atoms with Crippen LogP contribution in [0.1, 0.15) is 0 Å². The largest absolute Gasteiger partial charge is 0.353 e. The highest BCUT2D eigenvalue weighted by Crippen LogP contribution is 2.13. The van der Waals surface area contributed by atoms with Gasteiger partial charge in [0.25, 0.3) is 36.3 Å². The molecule has 0 bridgehead atoms. The van der Waals surface area contributed by atoms with Gasteiger partial charge in [0.1, 0.15) is 0 Å². The predicted octanol–water partition coefficient (Wildman–Crippen LogP) is -1.75. The number of anilines is 5. The van der Waals surface area contributed by atoms with Gasteiger partial charge in [0.2, 0.25) is 29.7 Å². The third kappa shape index (κ3) is 17.7. The van der Waals surface area contributed by atoms with E-state index < -0.39 is 47.6 Å². The van der Waals surface area contributed by atoms with Gasteiger partial charge in [0.15, 0.2) is 0 Å². The molecule has 28 heteroatoms. The first-order valence-corrected chi connectivity index (χ1v) is 17.5. The zero-order valence-electron chi connectivity index (χ0n) is 22.3. The third-order valence-electron chi connectivity index (χ3n) is 4.31. The van der Waals surface area contributed by atoms with Crippen molar-refractivity contribution in [2.24, 2.45) is 4.99 Å². The molecule has 0 aliphatic carbocycles. The number of aliphatic imine (C=N–C) groups is 1. The highest BCUT2D eigenvalue weighted by Gasteiger charge is 2.12. The van der Waals surface area contributed by atoms with E-state index in [1.807, 2.05) is 0 Å². The van der Waals surface area contributed by atoms with Crippen LogP contribution in [0, 0.1) is 0 Å². The smallest absolute Gasteiger partial charge is 0.266 e. The van der Waals surface area contributed by atoms with E-state index in [-0.39, 0.29) is 74.2 Å². The highest BCUT2D eigenvalue weighted by molar-refractivity contribution is 7.95. The molecule has 2 aromatic rings. The molecule has 0 radical (unpaired) electrons. The fourth-order valence-corrected chi connectivity index (χ4v) is 3.93. The van der Waals surface area contributed by atoms with E-state index in [0.717, 1.165) is 0 Å². The number of aromatic nitrogens is 6. The van der Waals surface area contributed by atoms with Crippen molar-refractivity contribution in [1.29, 1.82) is 0 Å². The van der Waals surface area contributed by atoms with Crippen LogP contribution in [0.2, 0.25) is 0 Å². The third-order valence-corrected chi connectivity index (χ3v) is 6.91. The van der Waals surface area contributed by atoms with Crippen molar-refractivity contribution in [2.45, 2.75) is 0 Å². The molecular weight excluding hydrogens is 681 g/mol. The van der Waals surface area contributed by atoms with Crippen molar-refractivity contribution < 1.29 is 53.5 Å². The molecule has 2 heterocycles. The summed E-state index contributed by atoms with van der Waals surface area (Å²) in [4.78, 5) is 28.3. The monoisotopic (exact) mass is 708 g/mol. The van der Waals surface area contributed by atoms with Gasteiger partial charge in [-0.3, -0.25) is 13.7 Å². The maximum Gasteiger partial charge on any atom is 0.266 e. The molecule has 2 rings (SSSR count). The summed E-state index contributed by atoms with van der Waals surface area (Å²) in [5.74, 6) is -2.25. The SMILES string of the molecule is O=S(=O)(O)CCNc1nc(N=CCSOOO)nc(NCCNc2nc(NCCS(=O)(=O)O)nc(NCCS(=O)(=O)O)n2)n1. The molecule has 0 saturated heterocycles. The van der Waals surface area contributed by atoms with Crippen molar-refractivity contribution in [3.8, 4) is 0 Å². The van der Waals surface area contributed by atoms with Crippen LogP contribution in [0.25, 0.3) is 0 Å². The quantitative estimate of drug-likeness (QED) is 0.0163. The fraction of sp³-hybridized carbons (Fsp3) is 0.562. The molecule has 9 N–H and O–H groups in total. The molecule has 0 unspecified atom stereocenters. The van der Waals surface area contributed by atoms with Crippen molar-refractivity contribution in [3.05, 3.63) is 0 Å². The number of rotatable bonds is 22. The van der Waals surface area contributed by atoms with Gasteiger partial charge in [0, 0.05) is 51.0 Å². The topological polar surface area (TPSA) is 352 Å². The molecule has 0 aromatic carbocycles. The lowest BCUT2D eigenvalue weighted by Crippen LogP contribution is -2.21. The molecule has 0 aliphatic heterocycles. The zero-order valence-corrected chi connectivity index (χ0v) is 25.5. The zero-order chi connectivity index (χ0) is 32.6. The van der Waals surface area contributed by atoms with Gasteiger partial charge in [-0.25, -0.2) is 10.2 Å². The molecule has 0 fully saturated rings. The first kappa shape index (κ1) is 36.8. The molecule has 44 heavy (non-hydrogen) atoms. The standard InChI is InChI=1S/C16H28N12O12S4/c29-39-40-41-7-3-19-13-23-11(24-14(27-13)20-4-8-42(30,31)32)17-1-2-18-12-25-15(21-5-9-43(33,34)35)28-16(26-12)22-6-10-44(36,37)38/h3,29H,1-2,4-10H2,(H,30,31,32)(H,33,34,35)(H,36,37,38)(H2,17,20,23,24,27)(H3,18,21,22,25,26,28). The second-order valence-electron chi connectivity index (χ2n) is 7.82. The van der Waals surface area contributed by atoms with Crippen molar-refractivity contribution in [1.82, 2.24) is 29.9 Å². The normalized spacial score (nSPS) is 12.3. The summed E-state index contributed by atoms with van der Waals surface area (Å²) in [5, 5.41) is 25.1. The van der Waals surface area contributed by atoms with Crippen LogP contribution in [0.15, 0.2) is 4.99 Å². The Labute approximate surface area is 254 Å². The Kier molecular flexibility index (Phi) is 14.9. The van der Waals surface area contributed by atoms with E-state index in [9.17, 15) is 25.3 Å². The maximum absolute atomic E-state index is 11.0. The molecular formula is C16H28N12O12S4. The van der Waals surface area contributed by atoms with Crippen molar-refractivity contribution in [2.75, 3.05) is 82.3 Å². The first-order chi connectivity index (χ1) is 20.6. The first-order valence-electron chi connectivity index (χ1n) is 11.8. The van der Waals surface area contributed by atoms with Gasteiger partial charge >= 0.3 is 0 Å². The fourth-order valence-electron chi connectivity index (χ4n) is 2.62. The van der Waals surface area contributed by atoms with Crippen molar-refractivity contribution in [3.63, 3.8) is 0 Å². The lowest BCUT2D eigenvalue weighted by molar-refractivity contribution is -0.432. The average molecular weight is 709 g/mol. The molecule has 0 atom stereocenters. The lowest BCUT2D eigenvalue weighted by Gasteiger charge is -2.12. The van der Waals surface area contributed by atoms with Crippen LogP contribution in [0.5, 0.6) is 0 Å². The minimum absolute atomic E-state index is 0.00156. The Hall–Kier alpha value is -3.35. The van der Waals surface area contributed by atoms with Crippen LogP contribution in [-0.4, -0.2) is 136 Å². The predicted molar refractivity (Wildman–Crippen MR) is 157 cm³/mol. The molecule has 248 valence electrons. The Bertz CT molecular complexity index is 1510. The summed E-state index contributed by atoms with van der Waals surface area (Å²) in [6.45, 7) is -0.521. The number of nitrogens with zero attached hydrogens (tertiary/aromatic N) is 7. The summed E-state index contributed by atoms with van der Waals surface area (Å²) < 4.78 is 96.8. The van der Waals surface area contributed by atoms with Crippen LogP contribution < -0.4 is 26.6 Å². The minimum Gasteiger partial charge on any atom is -0.353 e. The van der Waals surface area contributed by atoms with Crippen LogP contribution >= 0.6 is 12.0 Å². The summed E-state index contributed by atoms with van der Waals surface area (Å²) in [6.07, 6.45) is 1.32. The molecule has 0 amide bonds. The summed E-state index contributed by atoms with van der Waals surface area (Å²) in [5.41, 5.74) is 0. The van der Waals surface area contributed by atoms with Crippen LogP contribution in [-0.2, 0) is 39.7 Å². The average Bonchev–Trinajstić information content (AvgIpc) is 2.89. The Balaban J connectivity index is 2.08. The second kappa shape index (κ2) is 17.8. The number of hydrogen-bond acceptors (Lipinski definition) is 22. The van der Waals surface area contributed by atoms with E-state index >= 15 is 0 Å². The van der Waals surface area contributed by atoms with E-state index in [2.05, 4.69) is 70.9 Å². The highest BCUT2D eigenvalue weighted by atomic mass is 32.2. The molecule has 2 aromatic heterocycles. The van der Waals surface area contributed by atoms with Crippen LogP contribution in [0.4, 0.5) is 35.7 Å². The second-order valence-corrected chi connectivity index (χ2v) is 13.2. The number of nitrogens with one attached hydrogen (secondary N) is 5. The Morgan fingerprint density at radius 3 is 1.30 bits per heavy atom. The van der Waals surface area contributed by atoms with Crippen molar-refractivity contribution >= 4 is 84.3 Å². The van der Waals surface area contributed by atoms with E-state index in [1.54, 1.807) is 0 Å². The summed E-state index contributed by atoms with van der Waals surface area (Å²) in [7, 11) is -12.8. The van der Waals surface area contributed by atoms with Gasteiger partial charge in [-0.2, -0.15) is 55.2 Å². The van der Waals surface area contributed by atoms with Gasteiger partial charge in [-0.05, 0) is 0 Å². The van der Waals surface area contributed by atoms with E-state index in [1.165, 1.54) is 6.21 Å². The summed E-state index contributed by atoms with van der Waals surface area (Å²) in [6, 6.07) is 0. The number of hydrogen-bond donors (Lipinski definition) is 9. The summed E-state index contributed by atoms with van der Waals surface area (Å²) >= 11 is 0.697. The molecule has 0 aliphatic rings. The van der Waals surface area contributed by atoms with E-state index in [0.29, 0.717) is 12.0 Å². The molecule has 0 saturated carbocycles. The van der Waals surface area contributed by atoms with Gasteiger partial charge < -0.3 is 26.6 Å². The molecule has 24 nitrogen and oxygen atoms in total. The van der Waals surface area contributed by atoms with Gasteiger partial charge in [-0.15, -0.1) is 4.33 Å². The Morgan fingerprint density at radius 2 is 0.955 bits per heavy atom.